The third-order valence-electron chi connectivity index (χ3n) is 4.79. The van der Waals surface area contributed by atoms with Crippen LogP contribution in [0.5, 0.6) is 0 Å². The van der Waals surface area contributed by atoms with Gasteiger partial charge in [0, 0.05) is 12.1 Å². The number of aryl methyl sites for hydroxylation is 1. The summed E-state index contributed by atoms with van der Waals surface area (Å²) in [6, 6.07) is 8.10. The van der Waals surface area contributed by atoms with Crippen LogP contribution in [-0.4, -0.2) is 29.9 Å². The molecule has 0 bridgehead atoms. The molecule has 1 aromatic carbocycles. The van der Waals surface area contributed by atoms with Crippen LogP contribution in [0, 0.1) is 6.92 Å². The maximum atomic E-state index is 12.2. The Morgan fingerprint density at radius 3 is 2.91 bits per heavy atom. The van der Waals surface area contributed by atoms with E-state index in [0.717, 1.165) is 24.1 Å². The summed E-state index contributed by atoms with van der Waals surface area (Å²) in [5.74, 6) is -0.0944. The summed E-state index contributed by atoms with van der Waals surface area (Å²) in [4.78, 5) is 24.4. The molecule has 118 valence electrons. The lowest BCUT2D eigenvalue weighted by atomic mass is 9.87. The van der Waals surface area contributed by atoms with Crippen LogP contribution >= 0.6 is 0 Å². The smallest absolute Gasteiger partial charge is 0.279 e. The minimum Gasteiger partial charge on any atom is -0.342 e. The Kier molecular flexibility index (Phi) is 4.43. The van der Waals surface area contributed by atoms with Gasteiger partial charge in [0.2, 0.25) is 5.91 Å². The molecule has 3 atom stereocenters. The van der Waals surface area contributed by atoms with Gasteiger partial charge in [0.05, 0.1) is 12.5 Å². The quantitative estimate of drug-likeness (QED) is 0.769. The van der Waals surface area contributed by atoms with Crippen molar-refractivity contribution in [2.24, 2.45) is 0 Å². The number of benzene rings is 1. The van der Waals surface area contributed by atoms with Crippen LogP contribution in [0.2, 0.25) is 0 Å². The Morgan fingerprint density at radius 2 is 2.09 bits per heavy atom. The zero-order chi connectivity index (χ0) is 15.5. The molecule has 1 aromatic rings. The summed E-state index contributed by atoms with van der Waals surface area (Å²) in [5, 5.41) is 8.12. The average molecular weight is 302 g/mol. The predicted octanol–water partition coefficient (Wildman–Crippen LogP) is 0.697. The van der Waals surface area contributed by atoms with E-state index in [1.807, 2.05) is 31.2 Å². The Labute approximate surface area is 130 Å². The van der Waals surface area contributed by atoms with E-state index in [1.54, 1.807) is 0 Å². The zero-order valence-corrected chi connectivity index (χ0v) is 13.0. The highest BCUT2D eigenvalue weighted by Gasteiger charge is 2.40. The van der Waals surface area contributed by atoms with Gasteiger partial charge in [-0.2, -0.15) is 0 Å². The number of nitrogens with one attached hydrogen (secondary N) is 2. The number of carbonyl (C=O) groups excluding carboxylic acids is 2. The number of nitrogens with two attached hydrogens (primary N) is 1. The maximum absolute atomic E-state index is 12.2. The molecule has 2 aliphatic rings. The number of quaternary nitrogens is 1. The molecule has 2 fully saturated rings. The normalized spacial score (nSPS) is 27.7. The third-order valence-corrected chi connectivity index (χ3v) is 4.79. The fourth-order valence-electron chi connectivity index (χ4n) is 3.52. The summed E-state index contributed by atoms with van der Waals surface area (Å²) in [6.07, 6.45) is 4.82. The molecule has 1 heterocycles. The fourth-order valence-corrected chi connectivity index (χ4v) is 3.52. The van der Waals surface area contributed by atoms with E-state index in [2.05, 4.69) is 16.0 Å². The number of piperazine rings is 1. The van der Waals surface area contributed by atoms with Gasteiger partial charge in [-0.05, 0) is 31.4 Å². The lowest BCUT2D eigenvalue weighted by molar-refractivity contribution is -0.718. The predicted molar refractivity (Wildman–Crippen MR) is 84.3 cm³/mol. The molecule has 0 radical (unpaired) electrons. The first kappa shape index (κ1) is 15.0. The lowest BCUT2D eigenvalue weighted by Crippen LogP contribution is -3.03. The van der Waals surface area contributed by atoms with E-state index in [9.17, 15) is 9.59 Å². The summed E-state index contributed by atoms with van der Waals surface area (Å²) in [5.41, 5.74) is 1.85. The van der Waals surface area contributed by atoms with Crippen molar-refractivity contribution in [2.45, 2.75) is 57.2 Å². The Balaban J connectivity index is 1.59. The van der Waals surface area contributed by atoms with Crippen LogP contribution in [0.25, 0.3) is 0 Å². The maximum Gasteiger partial charge on any atom is 0.279 e. The SMILES string of the molecule is Cc1ccccc1NC(=O)C[C@H]1[NH2+][C@H]2CCCC[C@@H]2NC1=O. The standard InChI is InChI=1S/C17H23N3O2/c1-11-6-2-3-7-12(11)19-16(21)10-15-17(22)20-14-9-5-4-8-13(14)18-15/h2-3,6-7,13-15,18H,4-5,8-10H2,1H3,(H,19,21)(H,20,22)/p+1/t13-,14-,15+/m0/s1. The van der Waals surface area contributed by atoms with E-state index in [0.29, 0.717) is 6.04 Å². The largest absolute Gasteiger partial charge is 0.342 e. The number of amides is 2. The average Bonchev–Trinajstić information content (AvgIpc) is 2.50. The summed E-state index contributed by atoms with van der Waals surface area (Å²) in [7, 11) is 0. The van der Waals surface area contributed by atoms with Crippen molar-refractivity contribution in [3.8, 4) is 0 Å². The first-order valence-corrected chi connectivity index (χ1v) is 8.14. The van der Waals surface area contributed by atoms with Gasteiger partial charge >= 0.3 is 0 Å². The van der Waals surface area contributed by atoms with E-state index >= 15 is 0 Å². The van der Waals surface area contributed by atoms with E-state index < -0.39 is 0 Å². The third kappa shape index (κ3) is 3.30. The number of rotatable bonds is 3. The Bertz CT molecular complexity index is 573. The molecule has 22 heavy (non-hydrogen) atoms. The molecule has 1 saturated carbocycles. The van der Waals surface area contributed by atoms with E-state index in [1.165, 1.54) is 12.8 Å². The second kappa shape index (κ2) is 6.48. The molecular formula is C17H24N3O2+. The Hall–Kier alpha value is -1.88. The summed E-state index contributed by atoms with van der Waals surface area (Å²) >= 11 is 0. The number of para-hydroxylation sites is 1. The number of hydrogen-bond acceptors (Lipinski definition) is 2. The highest BCUT2D eigenvalue weighted by molar-refractivity contribution is 5.95. The van der Waals surface area contributed by atoms with Gasteiger partial charge < -0.3 is 16.0 Å². The molecule has 3 rings (SSSR count). The van der Waals surface area contributed by atoms with Crippen molar-refractivity contribution in [2.75, 3.05) is 5.32 Å². The van der Waals surface area contributed by atoms with Crippen molar-refractivity contribution >= 4 is 17.5 Å². The molecule has 0 unspecified atom stereocenters. The van der Waals surface area contributed by atoms with Gasteiger partial charge in [0.25, 0.3) is 5.91 Å². The van der Waals surface area contributed by atoms with Crippen molar-refractivity contribution in [3.05, 3.63) is 29.8 Å². The van der Waals surface area contributed by atoms with Crippen LogP contribution in [-0.2, 0) is 9.59 Å². The van der Waals surface area contributed by atoms with Crippen LogP contribution < -0.4 is 16.0 Å². The van der Waals surface area contributed by atoms with Crippen LogP contribution in [0.1, 0.15) is 37.7 Å². The minimum atomic E-state index is -0.302. The highest BCUT2D eigenvalue weighted by Crippen LogP contribution is 2.19. The Morgan fingerprint density at radius 1 is 1.32 bits per heavy atom. The second-order valence-corrected chi connectivity index (χ2v) is 6.43. The highest BCUT2D eigenvalue weighted by atomic mass is 16.2. The van der Waals surface area contributed by atoms with Gasteiger partial charge in [-0.3, -0.25) is 9.59 Å². The lowest BCUT2D eigenvalue weighted by Gasteiger charge is -2.37. The van der Waals surface area contributed by atoms with Gasteiger partial charge in [-0.15, -0.1) is 0 Å². The van der Waals surface area contributed by atoms with Gasteiger partial charge in [0.1, 0.15) is 6.04 Å². The summed E-state index contributed by atoms with van der Waals surface area (Å²) in [6.45, 7) is 1.96. The molecule has 1 saturated heterocycles. The molecular weight excluding hydrogens is 278 g/mol. The van der Waals surface area contributed by atoms with Crippen LogP contribution in [0.15, 0.2) is 24.3 Å². The number of fused-ring (bicyclic) bond motifs is 1. The van der Waals surface area contributed by atoms with Gasteiger partial charge in [0.15, 0.2) is 6.04 Å². The zero-order valence-electron chi connectivity index (χ0n) is 13.0. The molecule has 5 nitrogen and oxygen atoms in total. The van der Waals surface area contributed by atoms with Gasteiger partial charge in [-0.1, -0.05) is 24.6 Å². The second-order valence-electron chi connectivity index (χ2n) is 6.43. The molecule has 0 spiro atoms. The number of hydrogen-bond donors (Lipinski definition) is 3. The van der Waals surface area contributed by atoms with E-state index in [4.69, 9.17) is 0 Å². The summed E-state index contributed by atoms with van der Waals surface area (Å²) < 4.78 is 0. The number of carbonyl (C=O) groups is 2. The molecule has 0 aromatic heterocycles. The van der Waals surface area contributed by atoms with Crippen molar-refractivity contribution in [1.82, 2.24) is 5.32 Å². The molecule has 4 N–H and O–H groups in total. The van der Waals surface area contributed by atoms with Crippen LogP contribution in [0.3, 0.4) is 0 Å². The molecule has 5 heteroatoms. The van der Waals surface area contributed by atoms with Gasteiger partial charge in [-0.25, -0.2) is 0 Å². The number of anilines is 1. The first-order chi connectivity index (χ1) is 10.6. The topological polar surface area (TPSA) is 74.8 Å². The minimum absolute atomic E-state index is 0.00286. The van der Waals surface area contributed by atoms with Crippen molar-refractivity contribution in [1.29, 1.82) is 0 Å². The molecule has 1 aliphatic carbocycles. The monoisotopic (exact) mass is 302 g/mol. The fraction of sp³-hybridized carbons (Fsp3) is 0.529. The van der Waals surface area contributed by atoms with Crippen molar-refractivity contribution < 1.29 is 14.9 Å². The van der Waals surface area contributed by atoms with Crippen LogP contribution in [0.4, 0.5) is 5.69 Å². The van der Waals surface area contributed by atoms with Crippen molar-refractivity contribution in [3.63, 3.8) is 0 Å². The first-order valence-electron chi connectivity index (χ1n) is 8.14. The molecule has 2 amide bonds. The molecule has 1 aliphatic heterocycles. The van der Waals surface area contributed by atoms with E-state index in [-0.39, 0.29) is 30.3 Å².